The lowest BCUT2D eigenvalue weighted by molar-refractivity contribution is 0.330. The van der Waals surface area contributed by atoms with Crippen molar-refractivity contribution in [2.75, 3.05) is 19.3 Å². The van der Waals surface area contributed by atoms with E-state index in [1.54, 1.807) is 0 Å². The highest BCUT2D eigenvalue weighted by molar-refractivity contribution is 7.88. The Kier molecular flexibility index (Phi) is 4.37. The van der Waals surface area contributed by atoms with E-state index >= 15 is 0 Å². The Balaban J connectivity index is 2.04. The molecular formula is C13H20N2O2S. The fraction of sp³-hybridized carbons (Fsp3) is 0.538. The Bertz CT molecular complexity index is 493. The molecule has 1 fully saturated rings. The standard InChI is InChI=1S/C13H20N2O2S/c1-18(16,17)14-10-12-6-2-3-7-13(12)11-15-8-4-5-9-15/h2-3,6-7,14H,4-5,8-11H2,1H3. The van der Waals surface area contributed by atoms with Crippen LogP contribution in [0.3, 0.4) is 0 Å². The van der Waals surface area contributed by atoms with Gasteiger partial charge in [-0.1, -0.05) is 24.3 Å². The first-order valence-corrected chi connectivity index (χ1v) is 8.17. The predicted octanol–water partition coefficient (Wildman–Crippen LogP) is 1.33. The molecule has 4 nitrogen and oxygen atoms in total. The van der Waals surface area contributed by atoms with Crippen LogP contribution in [-0.2, 0) is 23.1 Å². The molecule has 1 heterocycles. The second kappa shape index (κ2) is 5.82. The van der Waals surface area contributed by atoms with Crippen LogP contribution in [0.25, 0.3) is 0 Å². The number of hydrogen-bond donors (Lipinski definition) is 1. The van der Waals surface area contributed by atoms with Gasteiger partial charge in [0, 0.05) is 13.1 Å². The van der Waals surface area contributed by atoms with E-state index in [2.05, 4.69) is 15.7 Å². The van der Waals surface area contributed by atoms with Gasteiger partial charge in [-0.2, -0.15) is 0 Å². The van der Waals surface area contributed by atoms with Gasteiger partial charge in [0.1, 0.15) is 0 Å². The van der Waals surface area contributed by atoms with Gasteiger partial charge in [0.05, 0.1) is 6.26 Å². The Morgan fingerprint density at radius 3 is 2.39 bits per heavy atom. The number of hydrogen-bond acceptors (Lipinski definition) is 3. The van der Waals surface area contributed by atoms with Crippen molar-refractivity contribution in [1.82, 2.24) is 9.62 Å². The molecule has 0 aliphatic carbocycles. The largest absolute Gasteiger partial charge is 0.299 e. The smallest absolute Gasteiger partial charge is 0.209 e. The van der Waals surface area contributed by atoms with Crippen molar-refractivity contribution in [3.63, 3.8) is 0 Å². The van der Waals surface area contributed by atoms with Crippen molar-refractivity contribution in [2.45, 2.75) is 25.9 Å². The zero-order valence-electron chi connectivity index (χ0n) is 10.7. The summed E-state index contributed by atoms with van der Waals surface area (Å²) in [7, 11) is -3.13. The number of sulfonamides is 1. The number of rotatable bonds is 5. The topological polar surface area (TPSA) is 49.4 Å². The highest BCUT2D eigenvalue weighted by Gasteiger charge is 2.13. The van der Waals surface area contributed by atoms with Crippen molar-refractivity contribution in [1.29, 1.82) is 0 Å². The van der Waals surface area contributed by atoms with Crippen molar-refractivity contribution >= 4 is 10.0 Å². The molecule has 1 aromatic rings. The third-order valence-corrected chi connectivity index (χ3v) is 3.90. The average Bonchev–Trinajstić information content (AvgIpc) is 2.80. The van der Waals surface area contributed by atoms with Crippen molar-refractivity contribution < 1.29 is 8.42 Å². The molecule has 0 unspecified atom stereocenters. The van der Waals surface area contributed by atoms with E-state index in [4.69, 9.17) is 0 Å². The van der Waals surface area contributed by atoms with E-state index in [9.17, 15) is 8.42 Å². The summed E-state index contributed by atoms with van der Waals surface area (Å²) in [5.41, 5.74) is 2.28. The molecule has 5 heteroatoms. The SMILES string of the molecule is CS(=O)(=O)NCc1ccccc1CN1CCCC1. The lowest BCUT2D eigenvalue weighted by Crippen LogP contribution is -2.24. The Hall–Kier alpha value is -0.910. The van der Waals surface area contributed by atoms with Crippen LogP contribution in [0.2, 0.25) is 0 Å². The molecule has 0 amide bonds. The highest BCUT2D eigenvalue weighted by atomic mass is 32.2. The van der Waals surface area contributed by atoms with Gasteiger partial charge in [0.2, 0.25) is 10.0 Å². The third kappa shape index (κ3) is 4.08. The Labute approximate surface area is 109 Å². The van der Waals surface area contributed by atoms with Crippen molar-refractivity contribution in [3.05, 3.63) is 35.4 Å². The lowest BCUT2D eigenvalue weighted by Gasteiger charge is -2.17. The number of nitrogens with zero attached hydrogens (tertiary/aromatic N) is 1. The van der Waals surface area contributed by atoms with Crippen LogP contribution in [0.5, 0.6) is 0 Å². The second-order valence-electron chi connectivity index (χ2n) is 4.85. The number of likely N-dealkylation sites (tertiary alicyclic amines) is 1. The van der Waals surface area contributed by atoms with E-state index in [0.29, 0.717) is 6.54 Å². The maximum atomic E-state index is 11.1. The van der Waals surface area contributed by atoms with Crippen LogP contribution in [0.4, 0.5) is 0 Å². The Morgan fingerprint density at radius 1 is 1.17 bits per heavy atom. The van der Waals surface area contributed by atoms with Gasteiger partial charge < -0.3 is 0 Å². The molecule has 1 aliphatic rings. The lowest BCUT2D eigenvalue weighted by atomic mass is 10.1. The number of nitrogens with one attached hydrogen (secondary N) is 1. The molecule has 0 radical (unpaired) electrons. The first kappa shape index (κ1) is 13.5. The van der Waals surface area contributed by atoms with Gasteiger partial charge in [-0.05, 0) is 37.1 Å². The maximum absolute atomic E-state index is 11.1. The van der Waals surface area contributed by atoms with Crippen molar-refractivity contribution in [3.8, 4) is 0 Å². The predicted molar refractivity (Wildman–Crippen MR) is 72.6 cm³/mol. The second-order valence-corrected chi connectivity index (χ2v) is 6.68. The van der Waals surface area contributed by atoms with E-state index in [-0.39, 0.29) is 0 Å². The summed E-state index contributed by atoms with van der Waals surface area (Å²) in [6.45, 7) is 3.59. The van der Waals surface area contributed by atoms with Gasteiger partial charge in [0.25, 0.3) is 0 Å². The molecule has 0 spiro atoms. The van der Waals surface area contributed by atoms with E-state index in [1.807, 2.05) is 18.2 Å². The van der Waals surface area contributed by atoms with Crippen LogP contribution in [0.15, 0.2) is 24.3 Å². The average molecular weight is 268 g/mol. The fourth-order valence-corrected chi connectivity index (χ4v) is 2.69. The summed E-state index contributed by atoms with van der Waals surface area (Å²) in [4.78, 5) is 2.42. The van der Waals surface area contributed by atoms with Crippen LogP contribution >= 0.6 is 0 Å². The van der Waals surface area contributed by atoms with Gasteiger partial charge >= 0.3 is 0 Å². The summed E-state index contributed by atoms with van der Waals surface area (Å²) >= 11 is 0. The van der Waals surface area contributed by atoms with E-state index < -0.39 is 10.0 Å². The van der Waals surface area contributed by atoms with Gasteiger partial charge in [0.15, 0.2) is 0 Å². The molecule has 18 heavy (non-hydrogen) atoms. The summed E-state index contributed by atoms with van der Waals surface area (Å²) in [5, 5.41) is 0. The normalized spacial score (nSPS) is 17.2. The van der Waals surface area contributed by atoms with Gasteiger partial charge in [-0.3, -0.25) is 4.90 Å². The van der Waals surface area contributed by atoms with Crippen LogP contribution in [-0.4, -0.2) is 32.7 Å². The number of benzene rings is 1. The van der Waals surface area contributed by atoms with Crippen LogP contribution in [0, 0.1) is 0 Å². The molecule has 1 aromatic carbocycles. The van der Waals surface area contributed by atoms with E-state index in [0.717, 1.165) is 25.2 Å². The molecule has 2 rings (SSSR count). The minimum Gasteiger partial charge on any atom is -0.299 e. The van der Waals surface area contributed by atoms with Crippen molar-refractivity contribution in [2.24, 2.45) is 0 Å². The molecule has 1 N–H and O–H groups in total. The zero-order chi connectivity index (χ0) is 13.0. The minimum atomic E-state index is -3.13. The summed E-state index contributed by atoms with van der Waals surface area (Å²) in [5.74, 6) is 0. The quantitative estimate of drug-likeness (QED) is 0.876. The molecule has 100 valence electrons. The molecule has 0 bridgehead atoms. The molecule has 1 saturated heterocycles. The Morgan fingerprint density at radius 2 is 1.78 bits per heavy atom. The molecular weight excluding hydrogens is 248 g/mol. The molecule has 0 atom stereocenters. The third-order valence-electron chi connectivity index (χ3n) is 3.24. The molecule has 1 aliphatic heterocycles. The molecule has 0 saturated carbocycles. The monoisotopic (exact) mass is 268 g/mol. The fourth-order valence-electron chi connectivity index (χ4n) is 2.27. The summed E-state index contributed by atoms with van der Waals surface area (Å²) < 4.78 is 24.8. The first-order valence-electron chi connectivity index (χ1n) is 6.28. The van der Waals surface area contributed by atoms with E-state index in [1.165, 1.54) is 24.7 Å². The zero-order valence-corrected chi connectivity index (χ0v) is 11.5. The molecule has 0 aromatic heterocycles. The van der Waals surface area contributed by atoms with Gasteiger partial charge in [-0.15, -0.1) is 0 Å². The highest BCUT2D eigenvalue weighted by Crippen LogP contribution is 2.16. The minimum absolute atomic E-state index is 0.378. The van der Waals surface area contributed by atoms with Gasteiger partial charge in [-0.25, -0.2) is 13.1 Å². The summed E-state index contributed by atoms with van der Waals surface area (Å²) in [6.07, 6.45) is 3.73. The van der Waals surface area contributed by atoms with Crippen LogP contribution < -0.4 is 4.72 Å². The first-order chi connectivity index (χ1) is 8.54. The summed E-state index contributed by atoms with van der Waals surface area (Å²) in [6, 6.07) is 8.03. The van der Waals surface area contributed by atoms with Crippen LogP contribution in [0.1, 0.15) is 24.0 Å². The maximum Gasteiger partial charge on any atom is 0.209 e.